The van der Waals surface area contributed by atoms with Gasteiger partial charge in [0.15, 0.2) is 0 Å². The zero-order valence-corrected chi connectivity index (χ0v) is 14.4. The van der Waals surface area contributed by atoms with Gasteiger partial charge in [0, 0.05) is 24.7 Å². The zero-order valence-electron chi connectivity index (χ0n) is 14.4. The van der Waals surface area contributed by atoms with Gasteiger partial charge in [-0.1, -0.05) is 6.07 Å². The van der Waals surface area contributed by atoms with Crippen LogP contribution in [0.25, 0.3) is 5.69 Å². The first-order valence-electron chi connectivity index (χ1n) is 8.54. The number of halogens is 3. The van der Waals surface area contributed by atoms with E-state index in [2.05, 4.69) is 5.10 Å². The Labute approximate surface area is 149 Å². The number of rotatable bonds is 3. The van der Waals surface area contributed by atoms with Gasteiger partial charge in [-0.05, 0) is 49.9 Å². The Bertz CT molecular complexity index is 785. The van der Waals surface area contributed by atoms with Crippen molar-refractivity contribution in [1.29, 1.82) is 0 Å². The molecule has 0 aliphatic carbocycles. The highest BCUT2D eigenvalue weighted by molar-refractivity contribution is 5.94. The molecule has 0 bridgehead atoms. The molecule has 0 unspecified atom stereocenters. The van der Waals surface area contributed by atoms with E-state index in [1.54, 1.807) is 17.0 Å². The largest absolute Gasteiger partial charge is 0.433 e. The van der Waals surface area contributed by atoms with Crippen molar-refractivity contribution < 1.29 is 18.0 Å². The summed E-state index contributed by atoms with van der Waals surface area (Å²) in [6.45, 7) is 3.12. The molecule has 1 amide bonds. The Kier molecular flexibility index (Phi) is 5.04. The van der Waals surface area contributed by atoms with Crippen molar-refractivity contribution in [3.05, 3.63) is 47.8 Å². The van der Waals surface area contributed by atoms with Crippen LogP contribution in [0.15, 0.2) is 36.5 Å². The second-order valence-electron chi connectivity index (χ2n) is 6.69. The molecule has 0 spiro atoms. The van der Waals surface area contributed by atoms with Crippen molar-refractivity contribution in [3.8, 4) is 5.69 Å². The lowest BCUT2D eigenvalue weighted by atomic mass is 9.92. The minimum Gasteiger partial charge on any atom is -0.338 e. The average Bonchev–Trinajstić information content (AvgIpc) is 3.11. The van der Waals surface area contributed by atoms with E-state index in [0.717, 1.165) is 29.8 Å². The molecule has 1 aromatic carbocycles. The molecule has 1 aliphatic heterocycles. The summed E-state index contributed by atoms with van der Waals surface area (Å²) in [6.07, 6.45) is -1.58. The normalized spacial score (nSPS) is 19.4. The van der Waals surface area contributed by atoms with E-state index in [9.17, 15) is 18.0 Å². The number of aromatic nitrogens is 2. The lowest BCUT2D eigenvalue weighted by molar-refractivity contribution is -0.142. The van der Waals surface area contributed by atoms with Crippen LogP contribution in [0.2, 0.25) is 0 Å². The topological polar surface area (TPSA) is 64.2 Å². The van der Waals surface area contributed by atoms with Gasteiger partial charge in [-0.3, -0.25) is 4.79 Å². The third kappa shape index (κ3) is 3.75. The first kappa shape index (κ1) is 18.4. The Morgan fingerprint density at radius 3 is 2.81 bits per heavy atom. The van der Waals surface area contributed by atoms with Crippen LogP contribution in [0, 0.1) is 5.92 Å². The zero-order chi connectivity index (χ0) is 18.9. The maximum Gasteiger partial charge on any atom is 0.433 e. The molecule has 140 valence electrons. The van der Waals surface area contributed by atoms with E-state index in [0.29, 0.717) is 18.7 Å². The molecule has 3 rings (SSSR count). The van der Waals surface area contributed by atoms with Gasteiger partial charge in [0.1, 0.15) is 5.69 Å². The minimum atomic E-state index is -4.52. The SMILES string of the molecule is C[C@@H](N)[C@@H]1CCCN(C(=O)c2cccc(-n3nccc3C(F)(F)F)c2)C1. The summed E-state index contributed by atoms with van der Waals surface area (Å²) in [4.78, 5) is 14.5. The van der Waals surface area contributed by atoms with Gasteiger partial charge in [0.05, 0.1) is 11.9 Å². The van der Waals surface area contributed by atoms with Crippen LogP contribution in [0.3, 0.4) is 0 Å². The van der Waals surface area contributed by atoms with Gasteiger partial charge in [-0.2, -0.15) is 18.3 Å². The highest BCUT2D eigenvalue weighted by Gasteiger charge is 2.35. The molecule has 2 aromatic rings. The third-order valence-corrected chi connectivity index (χ3v) is 4.76. The van der Waals surface area contributed by atoms with E-state index in [1.807, 2.05) is 6.92 Å². The number of nitrogens with zero attached hydrogens (tertiary/aromatic N) is 3. The number of piperidine rings is 1. The van der Waals surface area contributed by atoms with Gasteiger partial charge < -0.3 is 10.6 Å². The smallest absolute Gasteiger partial charge is 0.338 e. The quantitative estimate of drug-likeness (QED) is 0.908. The lowest BCUT2D eigenvalue weighted by Gasteiger charge is -2.34. The Balaban J connectivity index is 1.86. The first-order chi connectivity index (χ1) is 12.3. The molecule has 2 heterocycles. The van der Waals surface area contributed by atoms with E-state index < -0.39 is 11.9 Å². The van der Waals surface area contributed by atoms with Gasteiger partial charge in [0.2, 0.25) is 0 Å². The molecule has 0 radical (unpaired) electrons. The molecule has 1 aliphatic rings. The van der Waals surface area contributed by atoms with Gasteiger partial charge in [0.25, 0.3) is 5.91 Å². The first-order valence-corrected chi connectivity index (χ1v) is 8.54. The number of alkyl halides is 3. The number of hydrogen-bond donors (Lipinski definition) is 1. The summed E-state index contributed by atoms with van der Waals surface area (Å²) in [5.41, 5.74) is 5.63. The maximum absolute atomic E-state index is 13.1. The van der Waals surface area contributed by atoms with Crippen LogP contribution in [0.5, 0.6) is 0 Å². The van der Waals surface area contributed by atoms with Gasteiger partial charge in [-0.25, -0.2) is 4.68 Å². The molecule has 1 fully saturated rings. The van der Waals surface area contributed by atoms with Crippen molar-refractivity contribution in [1.82, 2.24) is 14.7 Å². The molecule has 8 heteroatoms. The van der Waals surface area contributed by atoms with Crippen LogP contribution in [-0.4, -0.2) is 39.7 Å². The summed E-state index contributed by atoms with van der Waals surface area (Å²) >= 11 is 0. The number of benzene rings is 1. The highest BCUT2D eigenvalue weighted by atomic mass is 19.4. The Morgan fingerprint density at radius 1 is 1.35 bits per heavy atom. The summed E-state index contributed by atoms with van der Waals surface area (Å²) in [5.74, 6) is 0.0387. The van der Waals surface area contributed by atoms with Gasteiger partial charge >= 0.3 is 6.18 Å². The number of nitrogens with two attached hydrogens (primary N) is 1. The molecular weight excluding hydrogens is 345 g/mol. The van der Waals surface area contributed by atoms with Crippen LogP contribution < -0.4 is 5.73 Å². The van der Waals surface area contributed by atoms with Crippen molar-refractivity contribution >= 4 is 5.91 Å². The number of carbonyl (C=O) groups is 1. The predicted octanol–water partition coefficient (Wildman–Crippen LogP) is 3.09. The second kappa shape index (κ2) is 7.11. The Hall–Kier alpha value is -2.35. The molecule has 26 heavy (non-hydrogen) atoms. The van der Waals surface area contributed by atoms with E-state index >= 15 is 0 Å². The summed E-state index contributed by atoms with van der Waals surface area (Å²) < 4.78 is 40.1. The number of hydrogen-bond acceptors (Lipinski definition) is 3. The third-order valence-electron chi connectivity index (χ3n) is 4.76. The predicted molar refractivity (Wildman–Crippen MR) is 90.8 cm³/mol. The van der Waals surface area contributed by atoms with Crippen molar-refractivity contribution in [2.75, 3.05) is 13.1 Å². The fourth-order valence-corrected chi connectivity index (χ4v) is 3.30. The standard InChI is InChI=1S/C18H21F3N4O/c1-12(22)14-5-3-9-24(11-14)17(26)13-4-2-6-15(10-13)25-16(7-8-23-25)18(19,20)21/h2,4,6-8,10,12,14H,3,5,9,11,22H2,1H3/t12-,14-/m1/s1. The van der Waals surface area contributed by atoms with E-state index in [4.69, 9.17) is 5.73 Å². The molecule has 2 N–H and O–H groups in total. The number of carbonyl (C=O) groups excluding carboxylic acids is 1. The van der Waals surface area contributed by atoms with Crippen molar-refractivity contribution in [2.24, 2.45) is 11.7 Å². The van der Waals surface area contributed by atoms with E-state index in [1.165, 1.54) is 12.1 Å². The number of amides is 1. The molecule has 0 saturated carbocycles. The second-order valence-corrected chi connectivity index (χ2v) is 6.69. The minimum absolute atomic E-state index is 0.00430. The van der Waals surface area contributed by atoms with Crippen molar-refractivity contribution in [3.63, 3.8) is 0 Å². The molecule has 1 aromatic heterocycles. The average molecular weight is 366 g/mol. The van der Waals surface area contributed by atoms with Crippen molar-refractivity contribution in [2.45, 2.75) is 32.0 Å². The summed E-state index contributed by atoms with van der Waals surface area (Å²) in [7, 11) is 0. The molecule has 1 saturated heterocycles. The fourth-order valence-electron chi connectivity index (χ4n) is 3.30. The Morgan fingerprint density at radius 2 is 2.12 bits per heavy atom. The lowest BCUT2D eigenvalue weighted by Crippen LogP contribution is -2.45. The van der Waals surface area contributed by atoms with Crippen LogP contribution >= 0.6 is 0 Å². The van der Waals surface area contributed by atoms with Crippen LogP contribution in [-0.2, 0) is 6.18 Å². The van der Waals surface area contributed by atoms with E-state index in [-0.39, 0.29) is 23.6 Å². The summed E-state index contributed by atoms with van der Waals surface area (Å²) in [6, 6.07) is 7.03. The fraction of sp³-hybridized carbons (Fsp3) is 0.444. The van der Waals surface area contributed by atoms with Crippen LogP contribution in [0.4, 0.5) is 13.2 Å². The molecule has 2 atom stereocenters. The van der Waals surface area contributed by atoms with Gasteiger partial charge in [-0.15, -0.1) is 0 Å². The highest BCUT2D eigenvalue weighted by Crippen LogP contribution is 2.30. The molecule has 5 nitrogen and oxygen atoms in total. The monoisotopic (exact) mass is 366 g/mol. The van der Waals surface area contributed by atoms with Crippen LogP contribution in [0.1, 0.15) is 35.8 Å². The maximum atomic E-state index is 13.1. The number of likely N-dealkylation sites (tertiary alicyclic amines) is 1. The molecular formula is C18H21F3N4O. The summed E-state index contributed by atoms with van der Waals surface area (Å²) in [5, 5.41) is 3.76.